The Bertz CT molecular complexity index is 836. The van der Waals surface area contributed by atoms with Gasteiger partial charge in [0.05, 0.1) is 5.02 Å². The van der Waals surface area contributed by atoms with Crippen LogP contribution >= 0.6 is 22.9 Å². The van der Waals surface area contributed by atoms with E-state index in [2.05, 4.69) is 12.2 Å². The predicted octanol–water partition coefficient (Wildman–Crippen LogP) is 4.85. The summed E-state index contributed by atoms with van der Waals surface area (Å²) in [7, 11) is 0. The Labute approximate surface area is 160 Å². The molecule has 3 rings (SSSR count). The minimum Gasteiger partial charge on any atom is -0.451 e. The second-order valence-corrected chi connectivity index (χ2v) is 7.87. The van der Waals surface area contributed by atoms with Gasteiger partial charge in [0, 0.05) is 10.6 Å². The normalized spacial score (nSPS) is 16.0. The molecule has 0 radical (unpaired) electrons. The number of carbonyl (C=O) groups is 2. The topological polar surface area (TPSA) is 55.4 Å². The van der Waals surface area contributed by atoms with Gasteiger partial charge < -0.3 is 10.1 Å². The lowest BCUT2D eigenvalue weighted by atomic mass is 9.87. The van der Waals surface area contributed by atoms with Gasteiger partial charge in [0.2, 0.25) is 0 Å². The monoisotopic (exact) mass is 395 g/mol. The summed E-state index contributed by atoms with van der Waals surface area (Å²) in [5, 5.41) is 2.43. The second kappa shape index (κ2) is 8.18. The molecule has 7 heteroatoms. The summed E-state index contributed by atoms with van der Waals surface area (Å²) < 4.78 is 18.2. The molecular weight excluding hydrogens is 377 g/mol. The first-order chi connectivity index (χ1) is 12.5. The zero-order valence-electron chi connectivity index (χ0n) is 14.3. The molecule has 4 nitrogen and oxygen atoms in total. The van der Waals surface area contributed by atoms with Gasteiger partial charge in [-0.3, -0.25) is 4.79 Å². The number of amides is 1. The van der Waals surface area contributed by atoms with Crippen molar-refractivity contribution in [3.63, 3.8) is 0 Å². The van der Waals surface area contributed by atoms with Gasteiger partial charge in [-0.15, -0.1) is 11.3 Å². The van der Waals surface area contributed by atoms with Crippen LogP contribution in [-0.2, 0) is 22.4 Å². The highest BCUT2D eigenvalue weighted by molar-refractivity contribution is 7.14. The van der Waals surface area contributed by atoms with E-state index >= 15 is 0 Å². The fourth-order valence-electron chi connectivity index (χ4n) is 3.02. The fraction of sp³-hybridized carbons (Fsp3) is 0.368. The van der Waals surface area contributed by atoms with Gasteiger partial charge in [-0.25, -0.2) is 9.18 Å². The van der Waals surface area contributed by atoms with E-state index in [1.54, 1.807) is 0 Å². The number of thiophene rings is 1. The van der Waals surface area contributed by atoms with Gasteiger partial charge in [-0.05, 0) is 55.0 Å². The fourth-order valence-corrected chi connectivity index (χ4v) is 4.30. The third-order valence-corrected chi connectivity index (χ3v) is 6.01. The largest absolute Gasteiger partial charge is 0.451 e. The molecule has 0 saturated carbocycles. The number of halogens is 2. The van der Waals surface area contributed by atoms with Crippen LogP contribution in [0.5, 0.6) is 0 Å². The molecule has 0 unspecified atom stereocenters. The van der Waals surface area contributed by atoms with Crippen molar-refractivity contribution in [2.24, 2.45) is 5.92 Å². The maximum Gasteiger partial charge on any atom is 0.348 e. The van der Waals surface area contributed by atoms with E-state index in [9.17, 15) is 14.0 Å². The summed E-state index contributed by atoms with van der Waals surface area (Å²) in [6.45, 7) is 1.78. The molecule has 0 bridgehead atoms. The van der Waals surface area contributed by atoms with Crippen LogP contribution in [0.4, 0.5) is 10.1 Å². The summed E-state index contributed by atoms with van der Waals surface area (Å²) in [5.74, 6) is -0.893. The summed E-state index contributed by atoms with van der Waals surface area (Å²) in [6.07, 6.45) is 4.29. The number of nitrogens with one attached hydrogen (secondary N) is 1. The molecule has 0 aliphatic heterocycles. The Balaban J connectivity index is 1.54. The van der Waals surface area contributed by atoms with Crippen molar-refractivity contribution in [2.45, 2.75) is 32.6 Å². The lowest BCUT2D eigenvalue weighted by Gasteiger charge is -2.19. The zero-order valence-corrected chi connectivity index (χ0v) is 15.9. The molecule has 0 saturated heterocycles. The molecule has 1 aliphatic rings. The highest BCUT2D eigenvalue weighted by Gasteiger charge is 2.23. The van der Waals surface area contributed by atoms with Gasteiger partial charge in [-0.2, -0.15) is 0 Å². The minimum absolute atomic E-state index is 0.0886. The Morgan fingerprint density at radius 3 is 2.92 bits per heavy atom. The van der Waals surface area contributed by atoms with E-state index in [0.717, 1.165) is 31.7 Å². The molecule has 1 atom stereocenters. The number of benzene rings is 1. The van der Waals surface area contributed by atoms with E-state index in [1.807, 2.05) is 6.07 Å². The molecule has 0 fully saturated rings. The Morgan fingerprint density at radius 2 is 2.19 bits per heavy atom. The summed E-state index contributed by atoms with van der Waals surface area (Å²) in [6, 6.07) is 5.73. The first-order valence-electron chi connectivity index (χ1n) is 8.50. The van der Waals surface area contributed by atoms with Gasteiger partial charge >= 0.3 is 5.97 Å². The SMILES string of the molecule is CC[C@@H]1CCc2sc(C(=O)OCC(=O)Nc3ccc(F)c(Cl)c3)cc2C1. The van der Waals surface area contributed by atoms with Crippen LogP contribution in [-0.4, -0.2) is 18.5 Å². The first kappa shape index (κ1) is 18.9. The minimum atomic E-state index is -0.567. The van der Waals surface area contributed by atoms with Crippen molar-refractivity contribution in [1.82, 2.24) is 0 Å². The van der Waals surface area contributed by atoms with Crippen LogP contribution in [0.1, 0.15) is 39.9 Å². The van der Waals surface area contributed by atoms with E-state index in [-0.39, 0.29) is 5.02 Å². The Hall–Kier alpha value is -1.92. The maximum absolute atomic E-state index is 13.1. The molecule has 1 aromatic carbocycles. The first-order valence-corrected chi connectivity index (χ1v) is 9.69. The van der Waals surface area contributed by atoms with Crippen molar-refractivity contribution >= 4 is 40.5 Å². The number of anilines is 1. The highest BCUT2D eigenvalue weighted by atomic mass is 35.5. The van der Waals surface area contributed by atoms with Gasteiger partial charge in [0.25, 0.3) is 5.91 Å². The molecule has 2 aromatic rings. The number of hydrogen-bond acceptors (Lipinski definition) is 4. The smallest absolute Gasteiger partial charge is 0.348 e. The third kappa shape index (κ3) is 4.43. The van der Waals surface area contributed by atoms with Crippen LogP contribution in [0, 0.1) is 11.7 Å². The summed E-state index contributed by atoms with van der Waals surface area (Å²) >= 11 is 7.11. The molecule has 1 amide bonds. The van der Waals surface area contributed by atoms with Crippen LogP contribution in [0.2, 0.25) is 5.02 Å². The number of hydrogen-bond donors (Lipinski definition) is 1. The number of esters is 1. The molecule has 1 heterocycles. The number of ether oxygens (including phenoxy) is 1. The molecule has 1 aromatic heterocycles. The van der Waals surface area contributed by atoms with Crippen LogP contribution in [0.25, 0.3) is 0 Å². The molecular formula is C19H19ClFNO3S. The van der Waals surface area contributed by atoms with E-state index < -0.39 is 24.3 Å². The average molecular weight is 396 g/mol. The van der Waals surface area contributed by atoms with E-state index in [1.165, 1.54) is 33.9 Å². The Kier molecular flexibility index (Phi) is 5.94. The number of fused-ring (bicyclic) bond motifs is 1. The number of rotatable bonds is 5. The highest BCUT2D eigenvalue weighted by Crippen LogP contribution is 2.33. The summed E-state index contributed by atoms with van der Waals surface area (Å²) in [5.41, 5.74) is 1.57. The number of carbonyl (C=O) groups excluding carboxylic acids is 2. The van der Waals surface area contributed by atoms with Crippen LogP contribution in [0.3, 0.4) is 0 Å². The molecule has 0 spiro atoms. The van der Waals surface area contributed by atoms with Crippen molar-refractivity contribution in [2.75, 3.05) is 11.9 Å². The van der Waals surface area contributed by atoms with Gasteiger partial charge in [-0.1, -0.05) is 24.9 Å². The van der Waals surface area contributed by atoms with Gasteiger partial charge in [0.15, 0.2) is 6.61 Å². The second-order valence-electron chi connectivity index (χ2n) is 6.33. The predicted molar refractivity (Wildman–Crippen MR) is 100 cm³/mol. The molecule has 26 heavy (non-hydrogen) atoms. The van der Waals surface area contributed by atoms with Gasteiger partial charge in [0.1, 0.15) is 10.7 Å². The maximum atomic E-state index is 13.1. The quantitative estimate of drug-likeness (QED) is 0.736. The standard InChI is InChI=1S/C19H19ClFNO3S/c1-2-11-3-6-16-12(7-11)8-17(26-16)19(24)25-10-18(23)22-13-4-5-15(21)14(20)9-13/h4-5,8-9,11H,2-3,6-7,10H2,1H3,(H,22,23)/t11-/m1/s1. The molecule has 138 valence electrons. The average Bonchev–Trinajstić information content (AvgIpc) is 3.06. The van der Waals surface area contributed by atoms with Crippen LogP contribution < -0.4 is 5.32 Å². The molecule has 1 aliphatic carbocycles. The van der Waals surface area contributed by atoms with Crippen LogP contribution in [0.15, 0.2) is 24.3 Å². The van der Waals surface area contributed by atoms with Crippen molar-refractivity contribution in [1.29, 1.82) is 0 Å². The van der Waals surface area contributed by atoms with E-state index in [0.29, 0.717) is 16.5 Å². The lowest BCUT2D eigenvalue weighted by Crippen LogP contribution is -2.20. The van der Waals surface area contributed by atoms with Crippen molar-refractivity contribution in [3.05, 3.63) is 50.4 Å². The lowest BCUT2D eigenvalue weighted by molar-refractivity contribution is -0.119. The van der Waals surface area contributed by atoms with Crippen molar-refractivity contribution < 1.29 is 18.7 Å². The zero-order chi connectivity index (χ0) is 18.7. The molecule has 1 N–H and O–H groups in total. The third-order valence-electron chi connectivity index (χ3n) is 4.50. The van der Waals surface area contributed by atoms with Crippen molar-refractivity contribution in [3.8, 4) is 0 Å². The summed E-state index contributed by atoms with van der Waals surface area (Å²) in [4.78, 5) is 25.9. The number of aryl methyl sites for hydroxylation is 1. The van der Waals surface area contributed by atoms with E-state index in [4.69, 9.17) is 16.3 Å². The Morgan fingerprint density at radius 1 is 1.38 bits per heavy atom.